The quantitative estimate of drug-likeness (QED) is 0.0901. The van der Waals surface area contributed by atoms with Crippen LogP contribution in [0.5, 0.6) is 0 Å². The molecule has 0 spiro atoms. The Labute approximate surface area is 175 Å². The van der Waals surface area contributed by atoms with Crippen molar-refractivity contribution in [3.8, 4) is 0 Å². The van der Waals surface area contributed by atoms with E-state index >= 15 is 0 Å². The number of allylic oxidation sites excluding steroid dienone is 6. The third-order valence-electron chi connectivity index (χ3n) is 4.84. The van der Waals surface area contributed by atoms with Crippen LogP contribution in [-0.4, -0.2) is 12.6 Å². The summed E-state index contributed by atoms with van der Waals surface area (Å²) < 4.78 is 5.34. The van der Waals surface area contributed by atoms with E-state index in [1.54, 1.807) is 0 Å². The molecule has 0 saturated carbocycles. The third kappa shape index (κ3) is 22.7. The molecule has 0 bridgehead atoms. The number of rotatable bonds is 20. The van der Waals surface area contributed by atoms with Crippen LogP contribution in [0, 0.1) is 0 Å². The Morgan fingerprint density at radius 2 is 1.25 bits per heavy atom. The highest BCUT2D eigenvalue weighted by Gasteiger charge is 2.02. The van der Waals surface area contributed by atoms with Gasteiger partial charge in [-0.1, -0.05) is 94.7 Å². The number of ether oxygens (including phenoxy) is 1. The van der Waals surface area contributed by atoms with E-state index < -0.39 is 0 Å². The number of carbonyl (C=O) groups is 1. The zero-order chi connectivity index (χ0) is 20.5. The lowest BCUT2D eigenvalue weighted by Gasteiger charge is -2.05. The fraction of sp³-hybridized carbons (Fsp3) is 0.731. The molecule has 0 fully saturated rings. The van der Waals surface area contributed by atoms with Crippen LogP contribution in [0.2, 0.25) is 0 Å². The topological polar surface area (TPSA) is 26.3 Å². The summed E-state index contributed by atoms with van der Waals surface area (Å²) in [6.07, 6.45) is 31.8. The van der Waals surface area contributed by atoms with Gasteiger partial charge in [-0.15, -0.1) is 0 Å². The summed E-state index contributed by atoms with van der Waals surface area (Å²) in [5.74, 6) is -0.00447. The molecule has 0 aliphatic carbocycles. The molecular formula is C26H46O2. The van der Waals surface area contributed by atoms with Crippen LogP contribution in [0.1, 0.15) is 117 Å². The van der Waals surface area contributed by atoms with Crippen LogP contribution in [0.25, 0.3) is 0 Å². The highest BCUT2D eigenvalue weighted by molar-refractivity contribution is 5.69. The molecule has 0 aliphatic rings. The number of esters is 1. The Morgan fingerprint density at radius 1 is 0.679 bits per heavy atom. The number of carbonyl (C=O) groups excluding carboxylic acids is 1. The minimum atomic E-state index is -0.00447. The maximum Gasteiger partial charge on any atom is 0.305 e. The van der Waals surface area contributed by atoms with Gasteiger partial charge in [-0.25, -0.2) is 0 Å². The molecule has 0 aromatic rings. The summed E-state index contributed by atoms with van der Waals surface area (Å²) in [6.45, 7) is 4.85. The van der Waals surface area contributed by atoms with Gasteiger partial charge in [0.1, 0.15) is 0 Å². The lowest BCUT2D eigenvalue weighted by Crippen LogP contribution is -2.05. The molecule has 0 aromatic heterocycles. The monoisotopic (exact) mass is 390 g/mol. The number of hydrogen-bond acceptors (Lipinski definition) is 2. The summed E-state index contributed by atoms with van der Waals surface area (Å²) in [4.78, 5) is 11.7. The molecule has 0 atom stereocenters. The molecule has 2 nitrogen and oxygen atoms in total. The Hall–Kier alpha value is -1.31. The third-order valence-corrected chi connectivity index (χ3v) is 4.84. The van der Waals surface area contributed by atoms with Gasteiger partial charge in [0.15, 0.2) is 0 Å². The first-order valence-electron chi connectivity index (χ1n) is 11.9. The van der Waals surface area contributed by atoms with Crippen LogP contribution in [0.15, 0.2) is 36.5 Å². The average Bonchev–Trinajstić information content (AvgIpc) is 2.70. The maximum absolute atomic E-state index is 11.7. The van der Waals surface area contributed by atoms with Gasteiger partial charge in [-0.2, -0.15) is 0 Å². The normalized spacial score (nSPS) is 11.9. The van der Waals surface area contributed by atoms with E-state index in [4.69, 9.17) is 4.74 Å². The zero-order valence-corrected chi connectivity index (χ0v) is 18.8. The summed E-state index contributed by atoms with van der Waals surface area (Å²) in [6, 6.07) is 0. The van der Waals surface area contributed by atoms with Gasteiger partial charge in [0, 0.05) is 6.42 Å². The van der Waals surface area contributed by atoms with Gasteiger partial charge in [0.25, 0.3) is 0 Å². The van der Waals surface area contributed by atoms with Crippen molar-refractivity contribution in [1.29, 1.82) is 0 Å². The van der Waals surface area contributed by atoms with E-state index in [9.17, 15) is 4.79 Å². The minimum Gasteiger partial charge on any atom is -0.466 e. The highest BCUT2D eigenvalue weighted by atomic mass is 16.5. The first-order valence-corrected chi connectivity index (χ1v) is 11.9. The van der Waals surface area contributed by atoms with Gasteiger partial charge >= 0.3 is 5.97 Å². The zero-order valence-electron chi connectivity index (χ0n) is 18.8. The molecule has 0 N–H and O–H groups in total. The molecular weight excluding hydrogens is 344 g/mol. The first kappa shape index (κ1) is 26.7. The van der Waals surface area contributed by atoms with Crippen molar-refractivity contribution in [1.82, 2.24) is 0 Å². The van der Waals surface area contributed by atoms with E-state index in [0.29, 0.717) is 13.0 Å². The molecule has 0 aromatic carbocycles. The molecule has 0 unspecified atom stereocenters. The number of unbranched alkanes of at least 4 members (excludes halogenated alkanes) is 12. The maximum atomic E-state index is 11.7. The van der Waals surface area contributed by atoms with Gasteiger partial charge < -0.3 is 4.74 Å². The summed E-state index contributed by atoms with van der Waals surface area (Å²) >= 11 is 0. The van der Waals surface area contributed by atoms with Gasteiger partial charge in [-0.05, 0) is 51.9 Å². The van der Waals surface area contributed by atoms with Gasteiger partial charge in [0.05, 0.1) is 6.61 Å². The molecule has 0 radical (unpaired) electrons. The number of hydrogen-bond donors (Lipinski definition) is 0. The van der Waals surface area contributed by atoms with Crippen molar-refractivity contribution in [3.05, 3.63) is 36.5 Å². The standard InChI is InChI=1S/C26H46O2/c1-3-5-7-9-11-13-15-16-18-20-22-24-26(27)28-25-23-21-19-17-14-12-10-8-6-4-2/h4,6-10H,3,5,11-25H2,1-2H3/b6-4+,9-7-,10-8+. The second-order valence-electron chi connectivity index (χ2n) is 7.65. The molecule has 2 heteroatoms. The first-order chi connectivity index (χ1) is 13.8. The molecule has 0 aliphatic heterocycles. The lowest BCUT2D eigenvalue weighted by molar-refractivity contribution is -0.143. The fourth-order valence-electron chi connectivity index (χ4n) is 3.08. The van der Waals surface area contributed by atoms with Crippen molar-refractivity contribution in [3.63, 3.8) is 0 Å². The Morgan fingerprint density at radius 3 is 1.93 bits per heavy atom. The summed E-state index contributed by atoms with van der Waals surface area (Å²) in [5.41, 5.74) is 0. The molecule has 28 heavy (non-hydrogen) atoms. The highest BCUT2D eigenvalue weighted by Crippen LogP contribution is 2.10. The summed E-state index contributed by atoms with van der Waals surface area (Å²) in [5, 5.41) is 0. The second kappa shape index (κ2) is 23.7. The smallest absolute Gasteiger partial charge is 0.305 e. The Bertz CT molecular complexity index is 407. The van der Waals surface area contributed by atoms with Crippen LogP contribution in [-0.2, 0) is 9.53 Å². The Balaban J connectivity index is 3.23. The van der Waals surface area contributed by atoms with Crippen LogP contribution < -0.4 is 0 Å². The van der Waals surface area contributed by atoms with Crippen molar-refractivity contribution in [2.24, 2.45) is 0 Å². The second-order valence-corrected chi connectivity index (χ2v) is 7.65. The van der Waals surface area contributed by atoms with Crippen molar-refractivity contribution < 1.29 is 9.53 Å². The predicted octanol–water partition coefficient (Wildman–Crippen LogP) is 8.48. The van der Waals surface area contributed by atoms with Gasteiger partial charge in [-0.3, -0.25) is 4.79 Å². The van der Waals surface area contributed by atoms with Crippen molar-refractivity contribution in [2.75, 3.05) is 6.61 Å². The summed E-state index contributed by atoms with van der Waals surface area (Å²) in [7, 11) is 0. The predicted molar refractivity (Wildman–Crippen MR) is 124 cm³/mol. The molecule has 0 amide bonds. The lowest BCUT2D eigenvalue weighted by atomic mass is 10.1. The van der Waals surface area contributed by atoms with E-state index in [1.807, 2.05) is 13.0 Å². The van der Waals surface area contributed by atoms with E-state index in [-0.39, 0.29) is 5.97 Å². The average molecular weight is 391 g/mol. The van der Waals surface area contributed by atoms with Crippen molar-refractivity contribution >= 4 is 5.97 Å². The van der Waals surface area contributed by atoms with E-state index in [2.05, 4.69) is 37.3 Å². The van der Waals surface area contributed by atoms with E-state index in [0.717, 1.165) is 25.7 Å². The van der Waals surface area contributed by atoms with Crippen LogP contribution >= 0.6 is 0 Å². The van der Waals surface area contributed by atoms with Gasteiger partial charge in [0.2, 0.25) is 0 Å². The minimum absolute atomic E-state index is 0.00447. The fourth-order valence-corrected chi connectivity index (χ4v) is 3.08. The molecule has 0 heterocycles. The van der Waals surface area contributed by atoms with Crippen LogP contribution in [0.4, 0.5) is 0 Å². The molecule has 0 saturated heterocycles. The largest absolute Gasteiger partial charge is 0.466 e. The Kier molecular flexibility index (Phi) is 22.6. The van der Waals surface area contributed by atoms with Crippen molar-refractivity contribution in [2.45, 2.75) is 117 Å². The van der Waals surface area contributed by atoms with Crippen LogP contribution in [0.3, 0.4) is 0 Å². The SMILES string of the molecule is C/C=C/C=C/CCCCCCCOC(=O)CCCCCCCC/C=C\CCC. The molecule has 0 rings (SSSR count). The molecule has 162 valence electrons. The van der Waals surface area contributed by atoms with E-state index in [1.165, 1.54) is 70.6 Å².